The van der Waals surface area contributed by atoms with Crippen molar-refractivity contribution < 1.29 is 9.84 Å². The summed E-state index contributed by atoms with van der Waals surface area (Å²) < 4.78 is 5.81. The van der Waals surface area contributed by atoms with E-state index in [0.29, 0.717) is 6.54 Å². The first-order valence-electron chi connectivity index (χ1n) is 8.63. The third kappa shape index (κ3) is 5.81. The molecule has 5 nitrogen and oxygen atoms in total. The van der Waals surface area contributed by atoms with E-state index in [1.807, 2.05) is 58.4 Å². The SMILES string of the molecule is Cc1cccc(C)c1OCC(O)CNCC(c1cccnc1)N(C)C. The normalized spacial score (nSPS) is 13.7. The Labute approximate surface area is 150 Å². The summed E-state index contributed by atoms with van der Waals surface area (Å²) in [7, 11) is 4.08. The van der Waals surface area contributed by atoms with Crippen LogP contribution in [0.1, 0.15) is 22.7 Å². The zero-order chi connectivity index (χ0) is 18.2. The van der Waals surface area contributed by atoms with Crippen LogP contribution in [-0.2, 0) is 0 Å². The van der Waals surface area contributed by atoms with Crippen molar-refractivity contribution in [3.8, 4) is 5.75 Å². The van der Waals surface area contributed by atoms with E-state index in [0.717, 1.165) is 29.0 Å². The van der Waals surface area contributed by atoms with Crippen molar-refractivity contribution in [2.45, 2.75) is 26.0 Å². The number of aliphatic hydroxyl groups excluding tert-OH is 1. The zero-order valence-corrected chi connectivity index (χ0v) is 15.6. The molecular weight excluding hydrogens is 314 g/mol. The van der Waals surface area contributed by atoms with Crippen LogP contribution in [-0.4, -0.2) is 54.9 Å². The molecule has 0 aliphatic rings. The van der Waals surface area contributed by atoms with Gasteiger partial charge in [-0.2, -0.15) is 0 Å². The van der Waals surface area contributed by atoms with E-state index in [1.54, 1.807) is 6.20 Å². The van der Waals surface area contributed by atoms with Crippen molar-refractivity contribution in [3.63, 3.8) is 0 Å². The van der Waals surface area contributed by atoms with Crippen molar-refractivity contribution >= 4 is 0 Å². The third-order valence-electron chi connectivity index (χ3n) is 4.24. The van der Waals surface area contributed by atoms with Gasteiger partial charge in [0.15, 0.2) is 0 Å². The molecule has 0 aliphatic heterocycles. The number of aliphatic hydroxyl groups is 1. The van der Waals surface area contributed by atoms with Gasteiger partial charge in [-0.05, 0) is 50.7 Å². The van der Waals surface area contributed by atoms with Gasteiger partial charge < -0.3 is 20.1 Å². The Bertz CT molecular complexity index is 626. The minimum Gasteiger partial charge on any atom is -0.490 e. The van der Waals surface area contributed by atoms with Gasteiger partial charge in [0, 0.05) is 31.5 Å². The molecule has 0 saturated carbocycles. The number of rotatable bonds is 9. The fraction of sp³-hybridized carbons (Fsp3) is 0.450. The number of aromatic nitrogens is 1. The highest BCUT2D eigenvalue weighted by Gasteiger charge is 2.15. The molecule has 0 spiro atoms. The highest BCUT2D eigenvalue weighted by molar-refractivity contribution is 5.39. The van der Waals surface area contributed by atoms with Gasteiger partial charge >= 0.3 is 0 Å². The van der Waals surface area contributed by atoms with E-state index >= 15 is 0 Å². The van der Waals surface area contributed by atoms with Crippen LogP contribution < -0.4 is 10.1 Å². The Kier molecular flexibility index (Phi) is 7.37. The van der Waals surface area contributed by atoms with Crippen LogP contribution in [0.4, 0.5) is 0 Å². The van der Waals surface area contributed by atoms with E-state index in [4.69, 9.17) is 4.74 Å². The van der Waals surface area contributed by atoms with E-state index < -0.39 is 6.10 Å². The van der Waals surface area contributed by atoms with Crippen molar-refractivity contribution in [3.05, 3.63) is 59.4 Å². The summed E-state index contributed by atoms with van der Waals surface area (Å²) in [6.45, 7) is 5.53. The maximum absolute atomic E-state index is 10.2. The molecule has 0 bridgehead atoms. The molecule has 2 atom stereocenters. The molecule has 2 N–H and O–H groups in total. The molecule has 0 aliphatic carbocycles. The molecule has 25 heavy (non-hydrogen) atoms. The average Bonchev–Trinajstić information content (AvgIpc) is 2.58. The van der Waals surface area contributed by atoms with Gasteiger partial charge in [-0.1, -0.05) is 24.3 Å². The molecule has 2 aromatic rings. The van der Waals surface area contributed by atoms with Crippen LogP contribution in [0.25, 0.3) is 0 Å². The minimum atomic E-state index is -0.560. The first-order chi connectivity index (χ1) is 12.0. The van der Waals surface area contributed by atoms with Crippen LogP contribution in [0.2, 0.25) is 0 Å². The quantitative estimate of drug-likeness (QED) is 0.732. The molecule has 0 radical (unpaired) electrons. The lowest BCUT2D eigenvalue weighted by atomic mass is 10.1. The molecule has 0 saturated heterocycles. The summed E-state index contributed by atoms with van der Waals surface area (Å²) in [5.74, 6) is 0.864. The predicted octanol–water partition coefficient (Wildman–Crippen LogP) is 2.33. The number of ether oxygens (including phenoxy) is 1. The number of hydrogen-bond acceptors (Lipinski definition) is 5. The summed E-state index contributed by atoms with van der Waals surface area (Å²) in [5.41, 5.74) is 3.33. The molecule has 2 rings (SSSR count). The summed E-state index contributed by atoms with van der Waals surface area (Å²) in [6.07, 6.45) is 3.10. The van der Waals surface area contributed by atoms with Crippen molar-refractivity contribution in [1.29, 1.82) is 0 Å². The number of para-hydroxylation sites is 1. The van der Waals surface area contributed by atoms with Gasteiger partial charge in [0.1, 0.15) is 18.5 Å². The van der Waals surface area contributed by atoms with E-state index in [-0.39, 0.29) is 12.6 Å². The zero-order valence-electron chi connectivity index (χ0n) is 15.6. The van der Waals surface area contributed by atoms with Crippen molar-refractivity contribution in [1.82, 2.24) is 15.2 Å². The van der Waals surface area contributed by atoms with Crippen LogP contribution in [0.3, 0.4) is 0 Å². The lowest BCUT2D eigenvalue weighted by Gasteiger charge is -2.25. The summed E-state index contributed by atoms with van der Waals surface area (Å²) in [5, 5.41) is 13.5. The standard InChI is InChI=1S/C20H29N3O2/c1-15-7-5-8-16(2)20(15)25-14-18(24)12-22-13-19(23(3)4)17-9-6-10-21-11-17/h5-11,18-19,22,24H,12-14H2,1-4H3. The Hall–Kier alpha value is -1.95. The second kappa shape index (κ2) is 9.51. The molecule has 0 fully saturated rings. The van der Waals surface area contributed by atoms with Gasteiger partial charge in [0.05, 0.1) is 0 Å². The smallest absolute Gasteiger partial charge is 0.125 e. The molecule has 0 amide bonds. The monoisotopic (exact) mass is 343 g/mol. The molecule has 2 unspecified atom stereocenters. The van der Waals surface area contributed by atoms with Gasteiger partial charge in [-0.25, -0.2) is 0 Å². The Morgan fingerprint density at radius 1 is 1.12 bits per heavy atom. The maximum atomic E-state index is 10.2. The van der Waals surface area contributed by atoms with Crippen molar-refractivity contribution in [2.24, 2.45) is 0 Å². The van der Waals surface area contributed by atoms with Crippen LogP contribution >= 0.6 is 0 Å². The minimum absolute atomic E-state index is 0.209. The molecule has 1 aromatic heterocycles. The Morgan fingerprint density at radius 2 is 1.84 bits per heavy atom. The largest absolute Gasteiger partial charge is 0.490 e. The molecular formula is C20H29N3O2. The summed E-state index contributed by atoms with van der Waals surface area (Å²) in [6, 6.07) is 10.3. The van der Waals surface area contributed by atoms with Crippen molar-refractivity contribution in [2.75, 3.05) is 33.8 Å². The number of aryl methyl sites for hydroxylation is 2. The maximum Gasteiger partial charge on any atom is 0.125 e. The number of nitrogens with zero attached hydrogens (tertiary/aromatic N) is 2. The number of likely N-dealkylation sites (N-methyl/N-ethyl adjacent to an activating group) is 1. The molecule has 136 valence electrons. The number of pyridine rings is 1. The lowest BCUT2D eigenvalue weighted by Crippen LogP contribution is -2.37. The highest BCUT2D eigenvalue weighted by Crippen LogP contribution is 2.22. The first-order valence-corrected chi connectivity index (χ1v) is 8.63. The van der Waals surface area contributed by atoms with E-state index in [9.17, 15) is 5.11 Å². The summed E-state index contributed by atoms with van der Waals surface area (Å²) >= 11 is 0. The Morgan fingerprint density at radius 3 is 2.44 bits per heavy atom. The molecule has 1 heterocycles. The predicted molar refractivity (Wildman–Crippen MR) is 101 cm³/mol. The Balaban J connectivity index is 1.80. The van der Waals surface area contributed by atoms with E-state index in [2.05, 4.69) is 21.3 Å². The second-order valence-electron chi connectivity index (χ2n) is 6.61. The van der Waals surface area contributed by atoms with Gasteiger partial charge in [0.2, 0.25) is 0 Å². The van der Waals surface area contributed by atoms with E-state index in [1.165, 1.54) is 0 Å². The first kappa shape index (κ1) is 19.4. The molecule has 5 heteroatoms. The number of hydrogen-bond donors (Lipinski definition) is 2. The summed E-state index contributed by atoms with van der Waals surface area (Å²) in [4.78, 5) is 6.33. The third-order valence-corrected chi connectivity index (χ3v) is 4.24. The van der Waals surface area contributed by atoms with Crippen LogP contribution in [0, 0.1) is 13.8 Å². The number of nitrogens with one attached hydrogen (secondary N) is 1. The second-order valence-corrected chi connectivity index (χ2v) is 6.61. The van der Waals surface area contributed by atoms with Gasteiger partial charge in [-0.15, -0.1) is 0 Å². The van der Waals surface area contributed by atoms with Gasteiger partial charge in [-0.3, -0.25) is 4.98 Å². The fourth-order valence-electron chi connectivity index (χ4n) is 2.82. The molecule has 1 aromatic carbocycles. The van der Waals surface area contributed by atoms with Crippen LogP contribution in [0.5, 0.6) is 5.75 Å². The lowest BCUT2D eigenvalue weighted by molar-refractivity contribution is 0.104. The topological polar surface area (TPSA) is 57.6 Å². The highest BCUT2D eigenvalue weighted by atomic mass is 16.5. The fourth-order valence-corrected chi connectivity index (χ4v) is 2.82. The van der Waals surface area contributed by atoms with Crippen LogP contribution in [0.15, 0.2) is 42.7 Å². The van der Waals surface area contributed by atoms with Gasteiger partial charge in [0.25, 0.3) is 0 Å². The number of benzene rings is 1. The average molecular weight is 343 g/mol.